The molecule has 0 spiro atoms. The number of benzene rings is 1. The van der Waals surface area contributed by atoms with Gasteiger partial charge in [-0.1, -0.05) is 0 Å². The molecule has 1 fully saturated rings. The summed E-state index contributed by atoms with van der Waals surface area (Å²) in [7, 11) is 3.22. The van der Waals surface area contributed by atoms with Crippen LogP contribution in [0.25, 0.3) is 0 Å². The Labute approximate surface area is 129 Å². The number of aromatic carboxylic acids is 1. The van der Waals surface area contributed by atoms with Crippen molar-refractivity contribution in [3.63, 3.8) is 0 Å². The van der Waals surface area contributed by atoms with Gasteiger partial charge < -0.3 is 19.5 Å². The number of hydrogen-bond donors (Lipinski definition) is 1. The number of rotatable bonds is 5. The zero-order valence-electron chi connectivity index (χ0n) is 13.0. The molecule has 6 nitrogen and oxygen atoms in total. The zero-order chi connectivity index (χ0) is 16.3. The fraction of sp³-hybridized carbons (Fsp3) is 0.500. The normalized spacial score (nSPS) is 21.1. The van der Waals surface area contributed by atoms with Gasteiger partial charge in [-0.25, -0.2) is 4.79 Å². The number of carboxylic acids is 1. The Kier molecular flexibility index (Phi) is 5.15. The van der Waals surface area contributed by atoms with Crippen LogP contribution in [0.5, 0.6) is 0 Å². The number of likely N-dealkylation sites (tertiary alicyclic amines) is 1. The van der Waals surface area contributed by atoms with E-state index in [0.29, 0.717) is 25.1 Å². The average Bonchev–Trinajstić information content (AvgIpc) is 2.89. The summed E-state index contributed by atoms with van der Waals surface area (Å²) in [5.74, 6) is -1.23. The summed E-state index contributed by atoms with van der Waals surface area (Å²) in [4.78, 5) is 25.6. The van der Waals surface area contributed by atoms with E-state index < -0.39 is 5.97 Å². The van der Waals surface area contributed by atoms with E-state index in [9.17, 15) is 9.59 Å². The molecule has 0 radical (unpaired) electrons. The summed E-state index contributed by atoms with van der Waals surface area (Å²) >= 11 is 0. The number of carboxylic acid groups (broad SMARTS) is 1. The summed E-state index contributed by atoms with van der Waals surface area (Å²) in [5.41, 5.74) is 1.25. The predicted molar refractivity (Wildman–Crippen MR) is 80.3 cm³/mol. The van der Waals surface area contributed by atoms with Crippen molar-refractivity contribution in [1.29, 1.82) is 0 Å². The lowest BCUT2D eigenvalue weighted by Gasteiger charge is -2.24. The molecule has 1 aromatic rings. The Bertz CT molecular complexity index is 572. The summed E-state index contributed by atoms with van der Waals surface area (Å²) in [6.07, 6.45) is 0.695. The van der Waals surface area contributed by atoms with Gasteiger partial charge in [0.15, 0.2) is 0 Å². The molecule has 2 rings (SSSR count). The summed E-state index contributed by atoms with van der Waals surface area (Å²) < 4.78 is 10.5. The number of methoxy groups -OCH3 is 2. The lowest BCUT2D eigenvalue weighted by molar-refractivity contribution is 0.0612. The van der Waals surface area contributed by atoms with E-state index in [1.54, 1.807) is 38.2 Å². The lowest BCUT2D eigenvalue weighted by Crippen LogP contribution is -2.38. The predicted octanol–water partition coefficient (Wildman–Crippen LogP) is 1.57. The van der Waals surface area contributed by atoms with Crippen LogP contribution in [0.2, 0.25) is 0 Å². The standard InChI is InChI=1S/C16H21NO5/c1-10-4-11(6-12(5-10)16(19)20)15(18)17-8-14(22-3)7-13(17)9-21-2/h4-6,13-14H,7-9H2,1-3H3,(H,19,20)/t13-,14-/m0/s1. The SMILES string of the molecule is COC[C@@H]1C[C@H](OC)CN1C(=O)c1cc(C)cc(C(=O)O)c1. The van der Waals surface area contributed by atoms with Crippen LogP contribution >= 0.6 is 0 Å². The quantitative estimate of drug-likeness (QED) is 0.893. The number of carbonyl (C=O) groups excluding carboxylic acids is 1. The van der Waals surface area contributed by atoms with Crippen molar-refractivity contribution in [2.24, 2.45) is 0 Å². The van der Waals surface area contributed by atoms with E-state index in [-0.39, 0.29) is 23.6 Å². The number of carbonyl (C=O) groups is 2. The number of amides is 1. The van der Waals surface area contributed by atoms with Gasteiger partial charge in [-0.2, -0.15) is 0 Å². The summed E-state index contributed by atoms with van der Waals surface area (Å²) in [5, 5.41) is 9.13. The van der Waals surface area contributed by atoms with E-state index in [4.69, 9.17) is 14.6 Å². The van der Waals surface area contributed by atoms with Gasteiger partial charge in [-0.05, 0) is 37.1 Å². The van der Waals surface area contributed by atoms with Gasteiger partial charge in [0.25, 0.3) is 5.91 Å². The van der Waals surface area contributed by atoms with Gasteiger partial charge in [0.2, 0.25) is 0 Å². The topological polar surface area (TPSA) is 76.1 Å². The van der Waals surface area contributed by atoms with Crippen LogP contribution in [0.3, 0.4) is 0 Å². The molecule has 22 heavy (non-hydrogen) atoms. The van der Waals surface area contributed by atoms with E-state index in [1.807, 2.05) is 0 Å². The van der Waals surface area contributed by atoms with Crippen LogP contribution in [0, 0.1) is 6.92 Å². The molecule has 6 heteroatoms. The second-order valence-electron chi connectivity index (χ2n) is 5.55. The molecule has 120 valence electrons. The van der Waals surface area contributed by atoms with Gasteiger partial charge in [0, 0.05) is 26.3 Å². The average molecular weight is 307 g/mol. The molecule has 0 bridgehead atoms. The van der Waals surface area contributed by atoms with Crippen LogP contribution in [0.1, 0.15) is 32.7 Å². The molecule has 1 heterocycles. The first-order chi connectivity index (χ1) is 10.5. The molecule has 0 aromatic heterocycles. The van der Waals surface area contributed by atoms with Crippen molar-refractivity contribution >= 4 is 11.9 Å². The minimum Gasteiger partial charge on any atom is -0.478 e. The minimum absolute atomic E-state index is 0.0205. The molecule has 0 aliphatic carbocycles. The van der Waals surface area contributed by atoms with Crippen LogP contribution in [-0.4, -0.2) is 61.4 Å². The zero-order valence-corrected chi connectivity index (χ0v) is 13.0. The first-order valence-electron chi connectivity index (χ1n) is 7.14. The Balaban J connectivity index is 2.28. The molecule has 2 atom stereocenters. The Morgan fingerprint density at radius 1 is 1.27 bits per heavy atom. The first-order valence-corrected chi connectivity index (χ1v) is 7.14. The third-order valence-corrected chi connectivity index (χ3v) is 3.90. The van der Waals surface area contributed by atoms with Gasteiger partial charge >= 0.3 is 5.97 Å². The number of nitrogens with zero attached hydrogens (tertiary/aromatic N) is 1. The molecule has 1 aliphatic rings. The van der Waals surface area contributed by atoms with E-state index in [2.05, 4.69) is 0 Å². The van der Waals surface area contributed by atoms with Crippen LogP contribution in [-0.2, 0) is 9.47 Å². The Morgan fingerprint density at radius 2 is 1.95 bits per heavy atom. The highest BCUT2D eigenvalue weighted by Gasteiger charge is 2.35. The third kappa shape index (κ3) is 3.45. The fourth-order valence-corrected chi connectivity index (χ4v) is 2.84. The van der Waals surface area contributed by atoms with E-state index >= 15 is 0 Å². The van der Waals surface area contributed by atoms with Gasteiger partial charge in [-0.15, -0.1) is 0 Å². The first kappa shape index (κ1) is 16.5. The molecule has 1 aliphatic heterocycles. The van der Waals surface area contributed by atoms with Crippen LogP contribution in [0.15, 0.2) is 18.2 Å². The Hall–Kier alpha value is -1.92. The maximum absolute atomic E-state index is 12.7. The van der Waals surface area contributed by atoms with Gasteiger partial charge in [0.05, 0.1) is 24.3 Å². The molecular formula is C16H21NO5. The molecule has 0 unspecified atom stereocenters. The van der Waals surface area contributed by atoms with Crippen molar-refractivity contribution in [2.45, 2.75) is 25.5 Å². The third-order valence-electron chi connectivity index (χ3n) is 3.90. The second kappa shape index (κ2) is 6.89. The molecule has 1 aromatic carbocycles. The molecule has 1 saturated heterocycles. The number of aryl methyl sites for hydroxylation is 1. The Morgan fingerprint density at radius 3 is 2.55 bits per heavy atom. The number of hydrogen-bond acceptors (Lipinski definition) is 4. The lowest BCUT2D eigenvalue weighted by atomic mass is 10.1. The molecule has 1 amide bonds. The van der Waals surface area contributed by atoms with Crippen LogP contribution < -0.4 is 0 Å². The monoisotopic (exact) mass is 307 g/mol. The van der Waals surface area contributed by atoms with Gasteiger partial charge in [0.1, 0.15) is 0 Å². The van der Waals surface area contributed by atoms with Crippen molar-refractivity contribution in [1.82, 2.24) is 4.90 Å². The van der Waals surface area contributed by atoms with Gasteiger partial charge in [-0.3, -0.25) is 4.79 Å². The molecule has 1 N–H and O–H groups in total. The smallest absolute Gasteiger partial charge is 0.335 e. The van der Waals surface area contributed by atoms with Crippen molar-refractivity contribution in [3.05, 3.63) is 34.9 Å². The van der Waals surface area contributed by atoms with Crippen molar-refractivity contribution in [2.75, 3.05) is 27.4 Å². The second-order valence-corrected chi connectivity index (χ2v) is 5.55. The van der Waals surface area contributed by atoms with Crippen molar-refractivity contribution < 1.29 is 24.2 Å². The maximum atomic E-state index is 12.7. The van der Waals surface area contributed by atoms with E-state index in [1.165, 1.54) is 6.07 Å². The maximum Gasteiger partial charge on any atom is 0.335 e. The largest absolute Gasteiger partial charge is 0.478 e. The van der Waals surface area contributed by atoms with E-state index in [0.717, 1.165) is 5.56 Å². The minimum atomic E-state index is -1.04. The summed E-state index contributed by atoms with van der Waals surface area (Å²) in [6.45, 7) is 2.70. The molecular weight excluding hydrogens is 286 g/mol. The highest BCUT2D eigenvalue weighted by Crippen LogP contribution is 2.23. The molecule has 0 saturated carbocycles. The number of ether oxygens (including phenoxy) is 2. The van der Waals surface area contributed by atoms with Crippen molar-refractivity contribution in [3.8, 4) is 0 Å². The highest BCUT2D eigenvalue weighted by atomic mass is 16.5. The highest BCUT2D eigenvalue weighted by molar-refractivity contribution is 5.98. The summed E-state index contributed by atoms with van der Waals surface area (Å²) in [6, 6.07) is 4.62. The van der Waals surface area contributed by atoms with Crippen LogP contribution in [0.4, 0.5) is 0 Å². The fourth-order valence-electron chi connectivity index (χ4n) is 2.84.